The molecule has 1 amide bonds. The number of nitrogens with zero attached hydrogens (tertiary/aromatic N) is 4. The molecule has 0 spiro atoms. The molecule has 2 aromatic carbocycles. The lowest BCUT2D eigenvalue weighted by Gasteiger charge is -2.43. The second-order valence-corrected chi connectivity index (χ2v) is 9.38. The summed E-state index contributed by atoms with van der Waals surface area (Å²) in [7, 11) is 0. The number of carbonyl (C=O) groups is 1. The molecule has 5 rings (SSSR count). The Hall–Kier alpha value is -3.31. The van der Waals surface area contributed by atoms with E-state index >= 15 is 0 Å². The van der Waals surface area contributed by atoms with Gasteiger partial charge in [-0.3, -0.25) is 9.69 Å². The van der Waals surface area contributed by atoms with E-state index in [9.17, 15) is 10.1 Å². The van der Waals surface area contributed by atoms with Crippen LogP contribution in [0.2, 0.25) is 5.02 Å². The lowest BCUT2D eigenvalue weighted by atomic mass is 9.91. The molecule has 1 aromatic heterocycles. The first kappa shape index (κ1) is 23.4. The summed E-state index contributed by atoms with van der Waals surface area (Å²) in [5.74, 6) is -0.274. The van der Waals surface area contributed by atoms with Crippen molar-refractivity contribution in [3.8, 4) is 11.8 Å². The average molecular weight is 490 g/mol. The first-order valence-electron chi connectivity index (χ1n) is 11.9. The maximum atomic E-state index is 13.1. The Morgan fingerprint density at radius 3 is 2.60 bits per heavy atom. The largest absolute Gasteiger partial charge is 0.379 e. The van der Waals surface area contributed by atoms with Gasteiger partial charge in [-0.15, -0.1) is 0 Å². The van der Waals surface area contributed by atoms with Crippen molar-refractivity contribution >= 4 is 28.9 Å². The van der Waals surface area contributed by atoms with Crippen LogP contribution in [0.25, 0.3) is 5.69 Å². The van der Waals surface area contributed by atoms with Gasteiger partial charge in [0.2, 0.25) is 0 Å². The highest BCUT2D eigenvalue weighted by atomic mass is 35.5. The van der Waals surface area contributed by atoms with Crippen LogP contribution in [-0.2, 0) is 4.74 Å². The number of hydrogen-bond donors (Lipinski definition) is 1. The molecule has 2 aliphatic heterocycles. The number of nitriles is 1. The van der Waals surface area contributed by atoms with Crippen LogP contribution in [0.5, 0.6) is 0 Å². The molecule has 0 aliphatic carbocycles. The lowest BCUT2D eigenvalue weighted by Crippen LogP contribution is -2.53. The second-order valence-electron chi connectivity index (χ2n) is 8.94. The monoisotopic (exact) mass is 489 g/mol. The Labute approximate surface area is 210 Å². The summed E-state index contributed by atoms with van der Waals surface area (Å²) in [4.78, 5) is 17.7. The van der Waals surface area contributed by atoms with Crippen LogP contribution in [-0.4, -0.2) is 60.8 Å². The van der Waals surface area contributed by atoms with Crippen molar-refractivity contribution < 1.29 is 9.53 Å². The highest BCUT2D eigenvalue weighted by molar-refractivity contribution is 6.30. The van der Waals surface area contributed by atoms with E-state index in [0.717, 1.165) is 56.3 Å². The third-order valence-electron chi connectivity index (χ3n) is 6.83. The number of para-hydroxylation sites is 2. The number of nitrogens with one attached hydrogen (secondary N) is 1. The number of morpholine rings is 1. The van der Waals surface area contributed by atoms with Gasteiger partial charge in [0.15, 0.2) is 0 Å². The van der Waals surface area contributed by atoms with Crippen molar-refractivity contribution in [2.45, 2.75) is 12.5 Å². The smallest absolute Gasteiger partial charge is 0.257 e. The van der Waals surface area contributed by atoms with Crippen LogP contribution >= 0.6 is 11.6 Å². The molecule has 35 heavy (non-hydrogen) atoms. The Morgan fingerprint density at radius 2 is 1.83 bits per heavy atom. The minimum Gasteiger partial charge on any atom is -0.379 e. The molecular weight excluding hydrogens is 462 g/mol. The fraction of sp³-hybridized carbons (Fsp3) is 0.333. The van der Waals surface area contributed by atoms with Gasteiger partial charge in [-0.25, -0.2) is 0 Å². The number of anilines is 2. The highest BCUT2D eigenvalue weighted by Gasteiger charge is 2.34. The van der Waals surface area contributed by atoms with Crippen LogP contribution in [0.1, 0.15) is 16.8 Å². The first-order chi connectivity index (χ1) is 17.1. The van der Waals surface area contributed by atoms with Gasteiger partial charge in [0, 0.05) is 55.3 Å². The number of ether oxygens (including phenoxy) is 1. The van der Waals surface area contributed by atoms with Gasteiger partial charge in [-0.1, -0.05) is 23.7 Å². The summed E-state index contributed by atoms with van der Waals surface area (Å²) in [5.41, 5.74) is 3.19. The molecule has 3 heterocycles. The second kappa shape index (κ2) is 10.5. The molecule has 2 saturated heterocycles. The maximum absolute atomic E-state index is 13.1. The fourth-order valence-electron chi connectivity index (χ4n) is 4.99. The van der Waals surface area contributed by atoms with Gasteiger partial charge >= 0.3 is 0 Å². The van der Waals surface area contributed by atoms with Gasteiger partial charge < -0.3 is 19.5 Å². The third kappa shape index (κ3) is 5.20. The van der Waals surface area contributed by atoms with E-state index in [4.69, 9.17) is 16.3 Å². The molecule has 0 saturated carbocycles. The molecule has 0 radical (unpaired) electrons. The zero-order valence-electron chi connectivity index (χ0n) is 19.4. The van der Waals surface area contributed by atoms with Crippen molar-refractivity contribution in [2.24, 2.45) is 5.92 Å². The van der Waals surface area contributed by atoms with Crippen LogP contribution in [0.4, 0.5) is 11.4 Å². The molecule has 2 atom stereocenters. The minimum absolute atomic E-state index is 0.0981. The van der Waals surface area contributed by atoms with E-state index in [1.54, 1.807) is 12.3 Å². The summed E-state index contributed by atoms with van der Waals surface area (Å²) in [6.07, 6.45) is 4.57. The molecule has 0 bridgehead atoms. The van der Waals surface area contributed by atoms with Crippen molar-refractivity contribution in [3.05, 3.63) is 77.6 Å². The number of hydrogen-bond acceptors (Lipinski definition) is 5. The standard InChI is InChI=1S/C27H28ClN5O2/c28-22-5-7-23(8-6-22)32-11-9-20(18-32)27(34)30-24-3-1-2-4-26(24)33-12-10-25(21(17-29)19-33)31-13-15-35-16-14-31/h1-9,11,18,21,25H,10,12-16,19H2,(H,30,34). The molecule has 7 nitrogen and oxygen atoms in total. The molecule has 3 aromatic rings. The van der Waals surface area contributed by atoms with Crippen LogP contribution in [0.3, 0.4) is 0 Å². The van der Waals surface area contributed by atoms with E-state index in [1.807, 2.05) is 59.3 Å². The molecular formula is C27H28ClN5O2. The number of piperidine rings is 1. The van der Waals surface area contributed by atoms with E-state index in [-0.39, 0.29) is 17.9 Å². The third-order valence-corrected chi connectivity index (χ3v) is 7.08. The van der Waals surface area contributed by atoms with E-state index in [1.165, 1.54) is 0 Å². The summed E-state index contributed by atoms with van der Waals surface area (Å²) in [5, 5.41) is 13.7. The minimum atomic E-state index is -0.176. The van der Waals surface area contributed by atoms with E-state index in [0.29, 0.717) is 17.1 Å². The predicted molar refractivity (Wildman–Crippen MR) is 137 cm³/mol. The molecule has 2 unspecified atom stereocenters. The van der Waals surface area contributed by atoms with Gasteiger partial charge in [-0.05, 0) is 48.9 Å². The van der Waals surface area contributed by atoms with Crippen molar-refractivity contribution in [1.29, 1.82) is 5.26 Å². The normalized spacial score (nSPS) is 20.9. The van der Waals surface area contributed by atoms with Crippen molar-refractivity contribution in [3.63, 3.8) is 0 Å². The number of halogens is 1. The molecule has 180 valence electrons. The van der Waals surface area contributed by atoms with Gasteiger partial charge in [0.1, 0.15) is 0 Å². The van der Waals surface area contributed by atoms with E-state index in [2.05, 4.69) is 21.2 Å². The van der Waals surface area contributed by atoms with Crippen molar-refractivity contribution in [2.75, 3.05) is 49.6 Å². The Balaban J connectivity index is 1.29. The van der Waals surface area contributed by atoms with Crippen LogP contribution < -0.4 is 10.2 Å². The highest BCUT2D eigenvalue weighted by Crippen LogP contribution is 2.32. The molecule has 2 fully saturated rings. The number of benzene rings is 2. The lowest BCUT2D eigenvalue weighted by molar-refractivity contribution is 0.00403. The van der Waals surface area contributed by atoms with Gasteiger partial charge in [-0.2, -0.15) is 5.26 Å². The first-order valence-corrected chi connectivity index (χ1v) is 12.3. The molecule has 8 heteroatoms. The molecule has 2 aliphatic rings. The zero-order chi connectivity index (χ0) is 24.2. The average Bonchev–Trinajstić information content (AvgIpc) is 3.40. The zero-order valence-corrected chi connectivity index (χ0v) is 20.2. The SMILES string of the molecule is N#CC1CN(c2ccccc2NC(=O)c2ccn(-c3ccc(Cl)cc3)c2)CCC1N1CCOCC1. The molecule has 1 N–H and O–H groups in total. The van der Waals surface area contributed by atoms with E-state index < -0.39 is 0 Å². The van der Waals surface area contributed by atoms with Crippen molar-refractivity contribution in [1.82, 2.24) is 9.47 Å². The number of aromatic nitrogens is 1. The number of rotatable bonds is 5. The number of amides is 1. The Kier molecular flexibility index (Phi) is 7.05. The Morgan fingerprint density at radius 1 is 1.06 bits per heavy atom. The van der Waals surface area contributed by atoms with Gasteiger partial charge in [0.05, 0.1) is 42.1 Å². The topological polar surface area (TPSA) is 73.5 Å². The van der Waals surface area contributed by atoms with Crippen LogP contribution in [0.15, 0.2) is 67.0 Å². The number of carbonyl (C=O) groups excluding carboxylic acids is 1. The fourth-order valence-corrected chi connectivity index (χ4v) is 5.11. The summed E-state index contributed by atoms with van der Waals surface area (Å²) in [6.45, 7) is 4.69. The van der Waals surface area contributed by atoms with Gasteiger partial charge in [0.25, 0.3) is 5.91 Å². The van der Waals surface area contributed by atoms with Crippen LogP contribution in [0, 0.1) is 17.2 Å². The Bertz CT molecular complexity index is 1210. The quantitative estimate of drug-likeness (QED) is 0.573. The predicted octanol–water partition coefficient (Wildman–Crippen LogP) is 4.43. The maximum Gasteiger partial charge on any atom is 0.257 e. The summed E-state index contributed by atoms with van der Waals surface area (Å²) < 4.78 is 7.38. The summed E-state index contributed by atoms with van der Waals surface area (Å²) >= 11 is 5.99. The summed E-state index contributed by atoms with van der Waals surface area (Å²) in [6, 6.07) is 19.9.